The summed E-state index contributed by atoms with van der Waals surface area (Å²) in [7, 11) is 0. The van der Waals surface area contributed by atoms with Crippen molar-refractivity contribution in [2.45, 2.75) is 33.1 Å². The molecule has 0 saturated heterocycles. The highest BCUT2D eigenvalue weighted by molar-refractivity contribution is 6.30. The van der Waals surface area contributed by atoms with E-state index < -0.39 is 0 Å². The molecule has 23 heavy (non-hydrogen) atoms. The molecule has 2 N–H and O–H groups in total. The molecular weight excluding hydrogens is 310 g/mol. The van der Waals surface area contributed by atoms with Crippen molar-refractivity contribution >= 4 is 28.5 Å². The second kappa shape index (κ2) is 6.96. The van der Waals surface area contributed by atoms with Crippen LogP contribution in [0.5, 0.6) is 0 Å². The third kappa shape index (κ3) is 3.62. The molecule has 6 heteroatoms. The fourth-order valence-corrected chi connectivity index (χ4v) is 2.95. The summed E-state index contributed by atoms with van der Waals surface area (Å²) < 4.78 is 0. The topological polar surface area (TPSA) is 66.5 Å². The molecular formula is C17H20ClN5. The molecule has 3 rings (SSSR count). The lowest BCUT2D eigenvalue weighted by atomic mass is 10.2. The van der Waals surface area contributed by atoms with Gasteiger partial charge in [0.25, 0.3) is 0 Å². The fourth-order valence-electron chi connectivity index (χ4n) is 2.61. The molecule has 5 nitrogen and oxygen atoms in total. The number of nitrogens with zero attached hydrogens (tertiary/aromatic N) is 3. The van der Waals surface area contributed by atoms with E-state index in [1.807, 2.05) is 31.2 Å². The molecule has 0 bridgehead atoms. The van der Waals surface area contributed by atoms with Gasteiger partial charge in [-0.2, -0.15) is 0 Å². The largest absolute Gasteiger partial charge is 0.370 e. The smallest absolute Gasteiger partial charge is 0.138 e. The summed E-state index contributed by atoms with van der Waals surface area (Å²) >= 11 is 6.18. The quantitative estimate of drug-likeness (QED) is 0.531. The van der Waals surface area contributed by atoms with Gasteiger partial charge in [-0.25, -0.2) is 15.0 Å². The van der Waals surface area contributed by atoms with Gasteiger partial charge >= 0.3 is 0 Å². The van der Waals surface area contributed by atoms with E-state index in [-0.39, 0.29) is 0 Å². The standard InChI is InChI=1S/C17H20ClN5/c1-3-12-16(18)20-11(2)21-17(12)19-10-6-9-15-22-13-7-4-5-8-14(13)23-15/h4-5,7-8H,3,6,9-10H2,1-2H3,(H,22,23)(H,19,20,21). The number of hydrogen-bond acceptors (Lipinski definition) is 4. The molecule has 0 aliphatic carbocycles. The van der Waals surface area contributed by atoms with Gasteiger partial charge in [-0.05, 0) is 31.9 Å². The summed E-state index contributed by atoms with van der Waals surface area (Å²) in [5, 5.41) is 3.91. The van der Waals surface area contributed by atoms with E-state index in [9.17, 15) is 0 Å². The van der Waals surface area contributed by atoms with Crippen molar-refractivity contribution in [2.24, 2.45) is 0 Å². The molecule has 1 aromatic carbocycles. The maximum atomic E-state index is 6.18. The molecule has 0 amide bonds. The lowest BCUT2D eigenvalue weighted by Crippen LogP contribution is -2.09. The van der Waals surface area contributed by atoms with Crippen LogP contribution in [-0.4, -0.2) is 26.5 Å². The molecule has 3 aromatic rings. The number of rotatable bonds is 6. The predicted molar refractivity (Wildman–Crippen MR) is 94.1 cm³/mol. The van der Waals surface area contributed by atoms with Crippen LogP contribution in [0.1, 0.15) is 30.6 Å². The summed E-state index contributed by atoms with van der Waals surface area (Å²) in [5.41, 5.74) is 3.07. The Balaban J connectivity index is 1.59. The monoisotopic (exact) mass is 329 g/mol. The molecule has 0 saturated carbocycles. The molecule has 120 valence electrons. The Labute approximate surface area is 140 Å². The summed E-state index contributed by atoms with van der Waals surface area (Å²) in [4.78, 5) is 16.6. The van der Waals surface area contributed by atoms with E-state index in [0.29, 0.717) is 11.0 Å². The minimum absolute atomic E-state index is 0.541. The Kier molecular flexibility index (Phi) is 4.76. The molecule has 0 aliphatic rings. The number of anilines is 1. The van der Waals surface area contributed by atoms with Gasteiger partial charge in [-0.3, -0.25) is 0 Å². The maximum absolute atomic E-state index is 6.18. The fraction of sp³-hybridized carbons (Fsp3) is 0.353. The first kappa shape index (κ1) is 15.7. The number of aromatic amines is 1. The Bertz CT molecular complexity index is 779. The van der Waals surface area contributed by atoms with Crippen molar-refractivity contribution < 1.29 is 0 Å². The normalized spacial score (nSPS) is 11.1. The van der Waals surface area contributed by atoms with Crippen LogP contribution in [0.4, 0.5) is 5.82 Å². The molecule has 0 fully saturated rings. The number of benzene rings is 1. The van der Waals surface area contributed by atoms with Crippen molar-refractivity contribution in [1.82, 2.24) is 19.9 Å². The molecule has 0 spiro atoms. The van der Waals surface area contributed by atoms with Crippen molar-refractivity contribution in [3.63, 3.8) is 0 Å². The Morgan fingerprint density at radius 3 is 2.78 bits per heavy atom. The summed E-state index contributed by atoms with van der Waals surface area (Å²) in [5.74, 6) is 2.54. The summed E-state index contributed by atoms with van der Waals surface area (Å²) in [6, 6.07) is 8.08. The maximum Gasteiger partial charge on any atom is 0.138 e. The number of imidazole rings is 1. The number of para-hydroxylation sites is 2. The second-order valence-electron chi connectivity index (χ2n) is 5.47. The first-order chi connectivity index (χ1) is 11.2. The number of hydrogen-bond donors (Lipinski definition) is 2. The summed E-state index contributed by atoms with van der Waals surface area (Å²) in [6.45, 7) is 4.72. The lowest BCUT2D eigenvalue weighted by molar-refractivity contribution is 0.813. The number of aryl methyl sites for hydroxylation is 2. The van der Waals surface area contributed by atoms with Crippen LogP contribution in [0.25, 0.3) is 11.0 Å². The minimum Gasteiger partial charge on any atom is -0.370 e. The van der Waals surface area contributed by atoms with Gasteiger partial charge in [-0.15, -0.1) is 0 Å². The minimum atomic E-state index is 0.541. The Morgan fingerprint density at radius 2 is 2.00 bits per heavy atom. The molecule has 2 heterocycles. The van der Waals surface area contributed by atoms with Crippen LogP contribution in [0.3, 0.4) is 0 Å². The van der Waals surface area contributed by atoms with Crippen LogP contribution >= 0.6 is 11.6 Å². The van der Waals surface area contributed by atoms with E-state index in [1.165, 1.54) is 0 Å². The Morgan fingerprint density at radius 1 is 1.17 bits per heavy atom. The molecule has 0 unspecified atom stereocenters. The lowest BCUT2D eigenvalue weighted by Gasteiger charge is -2.11. The number of halogens is 1. The van der Waals surface area contributed by atoms with Crippen molar-refractivity contribution in [2.75, 3.05) is 11.9 Å². The molecule has 2 aromatic heterocycles. The van der Waals surface area contributed by atoms with E-state index in [2.05, 4.69) is 32.2 Å². The predicted octanol–water partition coefficient (Wildman–Crippen LogP) is 3.92. The SMILES string of the molecule is CCc1c(Cl)nc(C)nc1NCCCc1nc2ccccc2[nH]1. The third-order valence-corrected chi connectivity index (χ3v) is 4.06. The van der Waals surface area contributed by atoms with Crippen LogP contribution in [-0.2, 0) is 12.8 Å². The Hall–Kier alpha value is -2.14. The van der Waals surface area contributed by atoms with E-state index in [0.717, 1.165) is 54.0 Å². The van der Waals surface area contributed by atoms with Gasteiger partial charge in [0.15, 0.2) is 0 Å². The highest BCUT2D eigenvalue weighted by Crippen LogP contribution is 2.21. The average Bonchev–Trinajstić information content (AvgIpc) is 2.94. The van der Waals surface area contributed by atoms with Gasteiger partial charge in [-0.1, -0.05) is 30.7 Å². The van der Waals surface area contributed by atoms with E-state index >= 15 is 0 Å². The van der Waals surface area contributed by atoms with Crippen molar-refractivity contribution in [1.29, 1.82) is 0 Å². The third-order valence-electron chi connectivity index (χ3n) is 3.74. The molecule has 0 radical (unpaired) electrons. The van der Waals surface area contributed by atoms with Crippen molar-refractivity contribution in [3.8, 4) is 0 Å². The van der Waals surface area contributed by atoms with Crippen LogP contribution in [0, 0.1) is 6.92 Å². The van der Waals surface area contributed by atoms with E-state index in [4.69, 9.17) is 11.6 Å². The zero-order chi connectivity index (χ0) is 16.2. The highest BCUT2D eigenvalue weighted by Gasteiger charge is 2.09. The first-order valence-corrected chi connectivity index (χ1v) is 8.25. The molecule has 0 atom stereocenters. The number of nitrogens with one attached hydrogen (secondary N) is 2. The zero-order valence-corrected chi connectivity index (χ0v) is 14.1. The number of aromatic nitrogens is 4. The van der Waals surface area contributed by atoms with Gasteiger partial charge in [0.2, 0.25) is 0 Å². The van der Waals surface area contributed by atoms with Crippen LogP contribution in [0.15, 0.2) is 24.3 Å². The number of H-pyrrole nitrogens is 1. The van der Waals surface area contributed by atoms with Gasteiger partial charge < -0.3 is 10.3 Å². The zero-order valence-electron chi connectivity index (χ0n) is 13.4. The second-order valence-corrected chi connectivity index (χ2v) is 5.83. The highest BCUT2D eigenvalue weighted by atomic mass is 35.5. The van der Waals surface area contributed by atoms with Gasteiger partial charge in [0.1, 0.15) is 22.6 Å². The summed E-state index contributed by atoms with van der Waals surface area (Å²) in [6.07, 6.45) is 2.66. The number of fused-ring (bicyclic) bond motifs is 1. The van der Waals surface area contributed by atoms with Gasteiger partial charge in [0, 0.05) is 18.5 Å². The average molecular weight is 330 g/mol. The van der Waals surface area contributed by atoms with Crippen LogP contribution < -0.4 is 5.32 Å². The van der Waals surface area contributed by atoms with Gasteiger partial charge in [0.05, 0.1) is 11.0 Å². The van der Waals surface area contributed by atoms with Crippen molar-refractivity contribution in [3.05, 3.63) is 46.6 Å². The molecule has 0 aliphatic heterocycles. The first-order valence-electron chi connectivity index (χ1n) is 7.88. The van der Waals surface area contributed by atoms with E-state index in [1.54, 1.807) is 0 Å². The van der Waals surface area contributed by atoms with Crippen LogP contribution in [0.2, 0.25) is 5.15 Å².